The maximum atomic E-state index is 15.3. The Kier molecular flexibility index (Phi) is 8.05. The first-order chi connectivity index (χ1) is 20.8. The van der Waals surface area contributed by atoms with Gasteiger partial charge in [0.15, 0.2) is 17.3 Å². The van der Waals surface area contributed by atoms with Crippen molar-refractivity contribution in [3.05, 3.63) is 63.7 Å². The third-order valence-electron chi connectivity index (χ3n) is 7.96. The fraction of sp³-hybridized carbons (Fsp3) is 0.379. The van der Waals surface area contributed by atoms with E-state index in [0.717, 1.165) is 29.0 Å². The molecule has 1 aromatic carbocycles. The predicted molar refractivity (Wildman–Crippen MR) is 149 cm³/mol. The van der Waals surface area contributed by atoms with Crippen LogP contribution in [0.25, 0.3) is 16.7 Å². The molecule has 2 aliphatic rings. The number of pyridine rings is 2. The fourth-order valence-electron chi connectivity index (χ4n) is 5.61. The number of halogens is 3. The van der Waals surface area contributed by atoms with Crippen LogP contribution in [0.3, 0.4) is 0 Å². The van der Waals surface area contributed by atoms with Crippen LogP contribution in [0.5, 0.6) is 0 Å². The Labute approximate surface area is 247 Å². The van der Waals surface area contributed by atoms with Gasteiger partial charge in [0, 0.05) is 56.1 Å². The van der Waals surface area contributed by atoms with Crippen molar-refractivity contribution in [2.75, 3.05) is 18.0 Å². The van der Waals surface area contributed by atoms with Gasteiger partial charge in [0.25, 0.3) is 0 Å². The molecule has 1 saturated carbocycles. The second kappa shape index (κ2) is 11.6. The van der Waals surface area contributed by atoms with Crippen LogP contribution < -0.4 is 21.0 Å². The molecule has 5 rings (SSSR count). The van der Waals surface area contributed by atoms with Crippen molar-refractivity contribution in [2.24, 2.45) is 17.8 Å². The fourth-order valence-corrected chi connectivity index (χ4v) is 5.61. The first-order valence-electron chi connectivity index (χ1n) is 13.8. The summed E-state index contributed by atoms with van der Waals surface area (Å²) in [6.07, 6.45) is 0.519. The third-order valence-corrected chi connectivity index (χ3v) is 7.96. The number of carbonyl (C=O) groups excluding carboxylic acids is 2. The van der Waals surface area contributed by atoms with E-state index in [2.05, 4.69) is 15.6 Å². The third kappa shape index (κ3) is 5.81. The number of amides is 2. The lowest BCUT2D eigenvalue weighted by atomic mass is 10.0. The molecule has 2 fully saturated rings. The van der Waals surface area contributed by atoms with E-state index in [1.807, 2.05) is 0 Å². The van der Waals surface area contributed by atoms with E-state index in [9.17, 15) is 43.0 Å². The van der Waals surface area contributed by atoms with Gasteiger partial charge in [0.1, 0.15) is 23.2 Å². The van der Waals surface area contributed by atoms with Crippen LogP contribution in [-0.4, -0.2) is 68.7 Å². The van der Waals surface area contributed by atoms with E-state index in [1.165, 1.54) is 0 Å². The number of benzene rings is 1. The first-order valence-corrected chi connectivity index (χ1v) is 13.8. The van der Waals surface area contributed by atoms with Crippen LogP contribution in [0.2, 0.25) is 0 Å². The average molecular weight is 616 g/mol. The molecule has 1 unspecified atom stereocenters. The Morgan fingerprint density at radius 3 is 2.25 bits per heavy atom. The Hall–Kier alpha value is -4.95. The van der Waals surface area contributed by atoms with E-state index in [0.29, 0.717) is 6.07 Å². The lowest BCUT2D eigenvalue weighted by molar-refractivity contribution is -0.143. The second-order valence-electron chi connectivity index (χ2n) is 11.3. The van der Waals surface area contributed by atoms with Gasteiger partial charge in [-0.15, -0.1) is 0 Å². The number of aliphatic carboxylic acids is 1. The standard InChI is InChI=1S/C29H28F3N5O7/c1-12(2)23(29(43)44)33-21(38)5-6-22(39)34-24-15-9-36(10-16(15)24)27-19(32)8-14-25(40)17(28(41)42)11-37(26(14)35-27)20-4-3-13(30)7-18(20)31/h3-4,7-8,11-12,15-16,23-24H,5-6,9-10H2,1-2H3,(H,33,38)(H,34,39)(H,41,42)(H,43,44)/t15-,16+,23-,24?/m0/s1. The number of aromatic carboxylic acids is 1. The van der Waals surface area contributed by atoms with Gasteiger partial charge in [0.05, 0.1) is 11.1 Å². The highest BCUT2D eigenvalue weighted by molar-refractivity contribution is 5.93. The van der Waals surface area contributed by atoms with Gasteiger partial charge in [-0.05, 0) is 24.1 Å². The molecule has 1 aliphatic heterocycles. The summed E-state index contributed by atoms with van der Waals surface area (Å²) < 4.78 is 44.6. The number of carbonyl (C=O) groups is 4. The number of piperidine rings is 1. The van der Waals surface area contributed by atoms with Gasteiger partial charge < -0.3 is 25.7 Å². The number of anilines is 1. The number of nitrogens with zero attached hydrogens (tertiary/aromatic N) is 3. The Bertz CT molecular complexity index is 1750. The molecule has 12 nitrogen and oxygen atoms in total. The SMILES string of the molecule is CC(C)[C@H](NC(=O)CCC(=O)NC1[C@H]2CN(c3nc4c(cc3F)c(=O)c(C(=O)O)cn4-c3ccc(F)cc3F)C[C@@H]12)C(=O)O. The van der Waals surface area contributed by atoms with Gasteiger partial charge in [-0.1, -0.05) is 13.8 Å². The first kappa shape index (κ1) is 30.5. The minimum absolute atomic E-state index is 0.0619. The molecule has 1 saturated heterocycles. The van der Waals surface area contributed by atoms with Crippen LogP contribution in [-0.2, 0) is 14.4 Å². The van der Waals surface area contributed by atoms with Gasteiger partial charge in [-0.3, -0.25) is 19.0 Å². The molecule has 0 radical (unpaired) electrons. The number of nitrogens with one attached hydrogen (secondary N) is 2. The number of carboxylic acid groups (broad SMARTS) is 2. The van der Waals surface area contributed by atoms with Crippen molar-refractivity contribution in [3.63, 3.8) is 0 Å². The van der Waals surface area contributed by atoms with Gasteiger partial charge in [0.2, 0.25) is 17.2 Å². The van der Waals surface area contributed by atoms with E-state index < -0.39 is 63.6 Å². The van der Waals surface area contributed by atoms with E-state index in [-0.39, 0.29) is 66.9 Å². The lowest BCUT2D eigenvalue weighted by Crippen LogP contribution is -2.44. The quantitative estimate of drug-likeness (QED) is 0.267. The zero-order chi connectivity index (χ0) is 32.0. The highest BCUT2D eigenvalue weighted by Crippen LogP contribution is 2.47. The molecular weight excluding hydrogens is 587 g/mol. The van der Waals surface area contributed by atoms with E-state index in [1.54, 1.807) is 18.7 Å². The van der Waals surface area contributed by atoms with Crippen LogP contribution in [0.4, 0.5) is 19.0 Å². The van der Waals surface area contributed by atoms with Crippen LogP contribution >= 0.6 is 0 Å². The summed E-state index contributed by atoms with van der Waals surface area (Å²) in [5, 5.41) is 23.5. The van der Waals surface area contributed by atoms with Crippen molar-refractivity contribution >= 4 is 40.6 Å². The molecule has 3 heterocycles. The monoisotopic (exact) mass is 615 g/mol. The second-order valence-corrected chi connectivity index (χ2v) is 11.3. The molecule has 15 heteroatoms. The molecule has 4 N–H and O–H groups in total. The molecule has 0 spiro atoms. The minimum Gasteiger partial charge on any atom is -0.480 e. The lowest BCUT2D eigenvalue weighted by Gasteiger charge is -2.23. The highest BCUT2D eigenvalue weighted by Gasteiger charge is 2.57. The summed E-state index contributed by atoms with van der Waals surface area (Å²) in [6.45, 7) is 3.87. The van der Waals surface area contributed by atoms with Crippen LogP contribution in [0.1, 0.15) is 37.0 Å². The number of rotatable bonds is 10. The number of carboxylic acids is 2. The molecule has 232 valence electrons. The molecule has 2 aromatic heterocycles. The molecular formula is C29H28F3N5O7. The zero-order valence-electron chi connectivity index (χ0n) is 23.5. The highest BCUT2D eigenvalue weighted by atomic mass is 19.1. The number of hydrogen-bond donors (Lipinski definition) is 4. The summed E-state index contributed by atoms with van der Waals surface area (Å²) in [5.41, 5.74) is -2.30. The Morgan fingerprint density at radius 1 is 1.00 bits per heavy atom. The molecule has 2 amide bonds. The van der Waals surface area contributed by atoms with Gasteiger partial charge in [-0.2, -0.15) is 0 Å². The van der Waals surface area contributed by atoms with Crippen molar-refractivity contribution in [2.45, 2.75) is 38.8 Å². The molecule has 1 aliphatic carbocycles. The number of hydrogen-bond acceptors (Lipinski definition) is 7. The van der Waals surface area contributed by atoms with Crippen molar-refractivity contribution in [1.29, 1.82) is 0 Å². The Morgan fingerprint density at radius 2 is 1.66 bits per heavy atom. The maximum Gasteiger partial charge on any atom is 0.341 e. The van der Waals surface area contributed by atoms with E-state index in [4.69, 9.17) is 0 Å². The summed E-state index contributed by atoms with van der Waals surface area (Å²) >= 11 is 0. The zero-order valence-corrected chi connectivity index (χ0v) is 23.5. The van der Waals surface area contributed by atoms with Crippen molar-refractivity contribution < 1.29 is 42.6 Å². The average Bonchev–Trinajstić information content (AvgIpc) is 3.36. The molecule has 3 aromatic rings. The topological polar surface area (TPSA) is 171 Å². The van der Waals surface area contributed by atoms with Crippen LogP contribution in [0, 0.1) is 35.2 Å². The summed E-state index contributed by atoms with van der Waals surface area (Å²) in [6, 6.07) is 2.12. The summed E-state index contributed by atoms with van der Waals surface area (Å²) in [7, 11) is 0. The normalized spacial score (nSPS) is 19.5. The molecule has 44 heavy (non-hydrogen) atoms. The maximum absolute atomic E-state index is 15.3. The van der Waals surface area contributed by atoms with Crippen molar-refractivity contribution in [1.82, 2.24) is 20.2 Å². The van der Waals surface area contributed by atoms with Crippen LogP contribution in [0.15, 0.2) is 35.3 Å². The smallest absolute Gasteiger partial charge is 0.341 e. The van der Waals surface area contributed by atoms with Gasteiger partial charge >= 0.3 is 11.9 Å². The molecule has 4 atom stereocenters. The van der Waals surface area contributed by atoms with Gasteiger partial charge in [-0.25, -0.2) is 27.7 Å². The predicted octanol–water partition coefficient (Wildman–Crippen LogP) is 2.06. The van der Waals surface area contributed by atoms with Crippen molar-refractivity contribution in [3.8, 4) is 5.69 Å². The largest absolute Gasteiger partial charge is 0.480 e. The number of aromatic nitrogens is 2. The Balaban J connectivity index is 1.30. The summed E-state index contributed by atoms with van der Waals surface area (Å²) in [5.74, 6) is -7.20. The molecule has 0 bridgehead atoms. The summed E-state index contributed by atoms with van der Waals surface area (Å²) in [4.78, 5) is 66.2. The van der Waals surface area contributed by atoms with E-state index >= 15 is 4.39 Å². The number of fused-ring (bicyclic) bond motifs is 2. The minimum atomic E-state index is -1.62.